The van der Waals surface area contributed by atoms with Gasteiger partial charge in [-0.2, -0.15) is 0 Å². The zero-order valence-corrected chi connectivity index (χ0v) is 21.0. The van der Waals surface area contributed by atoms with Crippen LogP contribution in [0.25, 0.3) is 11.0 Å². The fraction of sp³-hybridized carbons (Fsp3) is 0.0385. The van der Waals surface area contributed by atoms with Crippen molar-refractivity contribution in [3.05, 3.63) is 118 Å². The highest BCUT2D eigenvalue weighted by atomic mass is 19.2. The molecule has 0 aliphatic carbocycles. The average Bonchev–Trinajstić information content (AvgIpc) is 3.35. The van der Waals surface area contributed by atoms with Crippen LogP contribution in [0.1, 0.15) is 0 Å². The molecule has 0 amide bonds. The van der Waals surface area contributed by atoms with E-state index in [1.54, 1.807) is 0 Å². The zero-order valence-electron chi connectivity index (χ0n) is 21.0. The van der Waals surface area contributed by atoms with Gasteiger partial charge in [0.05, 0.1) is 7.05 Å². The lowest BCUT2D eigenvalue weighted by Gasteiger charge is -2.41. The molecule has 0 bridgehead atoms. The second kappa shape index (κ2) is 10.2. The molecule has 0 saturated heterocycles. The first kappa shape index (κ1) is 30.8. The Labute approximate surface area is 234 Å². The lowest BCUT2D eigenvalue weighted by molar-refractivity contribution is -0.511. The van der Waals surface area contributed by atoms with Crippen LogP contribution >= 0.6 is 0 Å². The summed E-state index contributed by atoms with van der Waals surface area (Å²) in [7, 11) is 1.02. The number of hydrogen-bond donors (Lipinski definition) is 0. The van der Waals surface area contributed by atoms with Crippen LogP contribution in [0.2, 0.25) is 0 Å². The van der Waals surface area contributed by atoms with Crippen molar-refractivity contribution in [3.63, 3.8) is 0 Å². The third-order valence-corrected chi connectivity index (χ3v) is 7.24. The molecule has 0 aliphatic rings. The summed E-state index contributed by atoms with van der Waals surface area (Å²) in [5.74, 6) is -45.8. The number of aryl methyl sites for hydroxylation is 1. The standard InChI is InChI=1S/C26H8BF15N2/c1-43-6-44(8-5-3-2-4-7(8)43)27(9-12(28)18(34)24(40)19(35)13(9)29,10-14(30)20(36)25(41)21(37)15(10)31)11-16(32)22(38)26(42)23(39)17(11)33/h2-6H,1H3. The summed E-state index contributed by atoms with van der Waals surface area (Å²) in [5, 5.41) is 0. The van der Waals surface area contributed by atoms with Gasteiger partial charge in [-0.05, 0) is 12.1 Å². The van der Waals surface area contributed by atoms with E-state index in [-0.39, 0.29) is 9.99 Å². The van der Waals surface area contributed by atoms with E-state index in [9.17, 15) is 39.5 Å². The molecule has 0 radical (unpaired) electrons. The van der Waals surface area contributed by atoms with Gasteiger partial charge in [0.15, 0.2) is 64.2 Å². The summed E-state index contributed by atoms with van der Waals surface area (Å²) in [6, 6.07) is 4.14. The van der Waals surface area contributed by atoms with Gasteiger partial charge in [0, 0.05) is 0 Å². The number of hydrogen-bond acceptors (Lipinski definition) is 0. The van der Waals surface area contributed by atoms with Gasteiger partial charge < -0.3 is 4.48 Å². The molecule has 0 fully saturated rings. The van der Waals surface area contributed by atoms with Crippen molar-refractivity contribution in [1.29, 1.82) is 0 Å². The van der Waals surface area contributed by atoms with Crippen molar-refractivity contribution in [2.24, 2.45) is 7.05 Å². The van der Waals surface area contributed by atoms with Gasteiger partial charge in [-0.1, -0.05) is 28.5 Å². The minimum atomic E-state index is -5.91. The van der Waals surface area contributed by atoms with Crippen molar-refractivity contribution in [2.75, 3.05) is 0 Å². The third kappa shape index (κ3) is 3.78. The highest BCUT2D eigenvalue weighted by molar-refractivity contribution is 7.06. The number of para-hydroxylation sites is 2. The third-order valence-electron chi connectivity index (χ3n) is 7.24. The van der Waals surface area contributed by atoms with Crippen LogP contribution in [0.4, 0.5) is 65.9 Å². The number of nitrogens with zero attached hydrogens (tertiary/aromatic N) is 2. The lowest BCUT2D eigenvalue weighted by Crippen LogP contribution is -2.88. The van der Waals surface area contributed by atoms with Crippen molar-refractivity contribution >= 4 is 33.7 Å². The van der Waals surface area contributed by atoms with Crippen molar-refractivity contribution in [2.45, 2.75) is 0 Å². The Morgan fingerprint density at radius 2 is 0.705 bits per heavy atom. The van der Waals surface area contributed by atoms with Crippen LogP contribution in [0, 0.1) is 87.3 Å². The van der Waals surface area contributed by atoms with E-state index in [4.69, 9.17) is 0 Å². The molecule has 2 nitrogen and oxygen atoms in total. The molecule has 1 aromatic heterocycles. The second-order valence-corrected chi connectivity index (χ2v) is 9.39. The second-order valence-electron chi connectivity index (χ2n) is 9.39. The molecule has 18 heteroatoms. The predicted molar refractivity (Wildman–Crippen MR) is 122 cm³/mol. The SMILES string of the molecule is Cn1c[n+]([B-](c2c(F)c(F)c(F)c(F)c2F)(c2c(F)c(F)c(F)c(F)c2F)c2c(F)c(F)c(F)c(F)c2F)c2ccccc21. The molecule has 0 atom stereocenters. The molecule has 0 N–H and O–H groups in total. The van der Waals surface area contributed by atoms with Crippen molar-refractivity contribution in [3.8, 4) is 0 Å². The van der Waals surface area contributed by atoms with E-state index >= 15 is 26.3 Å². The normalized spacial score (nSPS) is 12.1. The van der Waals surface area contributed by atoms with Crippen LogP contribution in [-0.2, 0) is 7.05 Å². The quantitative estimate of drug-likeness (QED) is 0.112. The molecule has 5 aromatic rings. The first-order valence-corrected chi connectivity index (χ1v) is 11.7. The highest BCUT2D eigenvalue weighted by Crippen LogP contribution is 2.28. The van der Waals surface area contributed by atoms with Crippen molar-refractivity contribution in [1.82, 2.24) is 4.57 Å². The Morgan fingerprint density at radius 1 is 0.432 bits per heavy atom. The Hall–Kier alpha value is -4.64. The average molecular weight is 644 g/mol. The molecule has 1 heterocycles. The number of rotatable bonds is 4. The molecule has 4 aromatic carbocycles. The van der Waals surface area contributed by atoms with E-state index in [1.165, 1.54) is 6.07 Å². The Morgan fingerprint density at radius 3 is 1.02 bits per heavy atom. The Balaban J connectivity index is 2.31. The summed E-state index contributed by atoms with van der Waals surface area (Å²) in [4.78, 5) is 0. The van der Waals surface area contributed by atoms with Gasteiger partial charge in [-0.3, -0.25) is 0 Å². The van der Waals surface area contributed by atoms with Gasteiger partial charge in [0.1, 0.15) is 40.4 Å². The number of aromatic nitrogens is 2. The van der Waals surface area contributed by atoms with Gasteiger partial charge >= 0.3 is 0 Å². The van der Waals surface area contributed by atoms with E-state index in [0.29, 0.717) is 6.33 Å². The van der Waals surface area contributed by atoms with Crippen LogP contribution in [0.15, 0.2) is 30.6 Å². The molecule has 44 heavy (non-hydrogen) atoms. The van der Waals surface area contributed by atoms with Crippen LogP contribution < -0.4 is 20.9 Å². The Kier molecular flexibility index (Phi) is 7.16. The number of halogens is 15. The molecule has 230 valence electrons. The monoisotopic (exact) mass is 644 g/mol. The maximum Gasteiger partial charge on any atom is 0.289 e. The summed E-state index contributed by atoms with van der Waals surface area (Å²) in [6.07, 6.45) is -5.52. The minimum absolute atomic E-state index is 0.0931. The summed E-state index contributed by atoms with van der Waals surface area (Å²) in [6.45, 7) is 0. The van der Waals surface area contributed by atoms with Crippen LogP contribution in [-0.4, -0.2) is 10.8 Å². The zero-order chi connectivity index (χ0) is 32.7. The Bertz CT molecular complexity index is 1800. The van der Waals surface area contributed by atoms with Gasteiger partial charge in [0.2, 0.25) is 0 Å². The smallest absolute Gasteiger partial charge is 0.289 e. The van der Waals surface area contributed by atoms with E-state index in [2.05, 4.69) is 0 Å². The summed E-state index contributed by atoms with van der Waals surface area (Å²) in [5.41, 5.74) is -9.15. The first-order valence-electron chi connectivity index (χ1n) is 11.7. The molecule has 0 unspecified atom stereocenters. The van der Waals surface area contributed by atoms with E-state index < -0.39 is 115 Å². The maximum atomic E-state index is 15.7. The molecule has 0 saturated carbocycles. The van der Waals surface area contributed by atoms with Crippen molar-refractivity contribution < 1.29 is 70.3 Å². The topological polar surface area (TPSA) is 8.81 Å². The lowest BCUT2D eigenvalue weighted by atomic mass is 9.23. The molecular formula is C26H8BF15N2. The molecule has 0 spiro atoms. The molecule has 0 aliphatic heterocycles. The largest absolute Gasteiger partial charge is 0.415 e. The van der Waals surface area contributed by atoms with E-state index in [0.717, 1.165) is 29.8 Å². The summed E-state index contributed by atoms with van der Waals surface area (Å²) >= 11 is 0. The fourth-order valence-corrected chi connectivity index (χ4v) is 5.42. The number of benzene rings is 4. The molecular weight excluding hydrogens is 636 g/mol. The number of imidazole rings is 1. The van der Waals surface area contributed by atoms with Gasteiger partial charge in [0.25, 0.3) is 6.28 Å². The predicted octanol–water partition coefficient (Wildman–Crippen LogP) is 5.07. The van der Waals surface area contributed by atoms with Gasteiger partial charge in [-0.15, -0.1) is 0 Å². The van der Waals surface area contributed by atoms with E-state index in [1.807, 2.05) is 0 Å². The fourth-order valence-electron chi connectivity index (χ4n) is 5.42. The molecule has 5 rings (SSSR count). The summed E-state index contributed by atoms with van der Waals surface area (Å²) < 4.78 is 226. The van der Waals surface area contributed by atoms with Gasteiger partial charge in [-0.25, -0.2) is 70.4 Å². The first-order chi connectivity index (χ1) is 20.5. The van der Waals surface area contributed by atoms with Crippen LogP contribution in [0.5, 0.6) is 0 Å². The highest BCUT2D eigenvalue weighted by Gasteiger charge is 2.54. The maximum absolute atomic E-state index is 15.7. The van der Waals surface area contributed by atoms with Crippen LogP contribution in [0.3, 0.4) is 0 Å². The number of fused-ring (bicyclic) bond motifs is 1. The minimum Gasteiger partial charge on any atom is -0.415 e.